The lowest BCUT2D eigenvalue weighted by molar-refractivity contribution is 0.414. The molecule has 2 rings (SSSR count). The van der Waals surface area contributed by atoms with Crippen molar-refractivity contribution < 1.29 is 4.74 Å². The molecule has 4 heteroatoms. The van der Waals surface area contributed by atoms with E-state index in [1.165, 1.54) is 0 Å². The lowest BCUT2D eigenvalue weighted by atomic mass is 9.98. The van der Waals surface area contributed by atoms with Crippen LogP contribution in [0.2, 0.25) is 10.0 Å². The van der Waals surface area contributed by atoms with E-state index in [0.29, 0.717) is 15.8 Å². The molecule has 2 nitrogen and oxygen atoms in total. The lowest BCUT2D eigenvalue weighted by Gasteiger charge is -2.21. The van der Waals surface area contributed by atoms with E-state index < -0.39 is 0 Å². The van der Waals surface area contributed by atoms with Crippen LogP contribution < -0.4 is 10.1 Å². The Hall–Kier alpha value is -1.22. The number of rotatable bonds is 5. The first-order chi connectivity index (χ1) is 9.67. The van der Waals surface area contributed by atoms with Crippen LogP contribution in [0, 0.1) is 0 Å². The Morgan fingerprint density at radius 3 is 2.40 bits per heavy atom. The molecule has 0 aliphatic carbocycles. The molecule has 2 aromatic carbocycles. The van der Waals surface area contributed by atoms with Crippen molar-refractivity contribution in [1.82, 2.24) is 5.32 Å². The minimum Gasteiger partial charge on any atom is -0.495 e. The van der Waals surface area contributed by atoms with Crippen LogP contribution in [-0.2, 0) is 0 Å². The highest BCUT2D eigenvalue weighted by Crippen LogP contribution is 2.36. The zero-order chi connectivity index (χ0) is 14.5. The van der Waals surface area contributed by atoms with Gasteiger partial charge in [0, 0.05) is 11.1 Å². The van der Waals surface area contributed by atoms with Crippen molar-refractivity contribution in [3.63, 3.8) is 0 Å². The molecule has 0 spiro atoms. The van der Waals surface area contributed by atoms with E-state index in [-0.39, 0.29) is 6.04 Å². The monoisotopic (exact) mass is 309 g/mol. The fraction of sp³-hybridized carbons (Fsp3) is 0.250. The van der Waals surface area contributed by atoms with Gasteiger partial charge in [-0.05, 0) is 23.7 Å². The number of hydrogen-bond acceptors (Lipinski definition) is 2. The second-order valence-electron chi connectivity index (χ2n) is 4.41. The Kier molecular flexibility index (Phi) is 5.30. The van der Waals surface area contributed by atoms with E-state index in [4.69, 9.17) is 27.9 Å². The van der Waals surface area contributed by atoms with E-state index in [9.17, 15) is 0 Å². The zero-order valence-electron chi connectivity index (χ0n) is 11.5. The van der Waals surface area contributed by atoms with Crippen molar-refractivity contribution >= 4 is 23.2 Å². The normalized spacial score (nSPS) is 12.2. The van der Waals surface area contributed by atoms with Gasteiger partial charge >= 0.3 is 0 Å². The van der Waals surface area contributed by atoms with Crippen LogP contribution in [0.3, 0.4) is 0 Å². The summed E-state index contributed by atoms with van der Waals surface area (Å²) in [5.74, 6) is 0.587. The fourth-order valence-electron chi connectivity index (χ4n) is 2.18. The quantitative estimate of drug-likeness (QED) is 0.864. The van der Waals surface area contributed by atoms with Gasteiger partial charge in [0.15, 0.2) is 0 Å². The Labute approximate surface area is 129 Å². The molecule has 1 N–H and O–H groups in total. The van der Waals surface area contributed by atoms with Crippen LogP contribution in [0.1, 0.15) is 24.1 Å². The predicted octanol–water partition coefficient (Wildman–Crippen LogP) is 4.70. The van der Waals surface area contributed by atoms with Crippen molar-refractivity contribution in [1.29, 1.82) is 0 Å². The highest BCUT2D eigenvalue weighted by atomic mass is 35.5. The molecule has 2 aromatic rings. The summed E-state index contributed by atoms with van der Waals surface area (Å²) in [6.07, 6.45) is 0. The first-order valence-electron chi connectivity index (χ1n) is 6.48. The van der Waals surface area contributed by atoms with Gasteiger partial charge in [-0.25, -0.2) is 0 Å². The molecular weight excluding hydrogens is 293 g/mol. The molecule has 0 aliphatic rings. The molecule has 1 atom stereocenters. The van der Waals surface area contributed by atoms with E-state index >= 15 is 0 Å². The number of halogens is 2. The Morgan fingerprint density at radius 1 is 1.10 bits per heavy atom. The minimum absolute atomic E-state index is 0.0112. The molecular formula is C16H17Cl2NO. The number of methoxy groups -OCH3 is 1. The summed E-state index contributed by atoms with van der Waals surface area (Å²) >= 11 is 12.6. The van der Waals surface area contributed by atoms with Gasteiger partial charge in [-0.15, -0.1) is 0 Å². The summed E-state index contributed by atoms with van der Waals surface area (Å²) in [6, 6.07) is 13.8. The second kappa shape index (κ2) is 6.98. The molecule has 0 saturated carbocycles. The maximum absolute atomic E-state index is 6.38. The van der Waals surface area contributed by atoms with Crippen molar-refractivity contribution in [2.24, 2.45) is 0 Å². The summed E-state index contributed by atoms with van der Waals surface area (Å²) in [7, 11) is 1.58. The van der Waals surface area contributed by atoms with Gasteiger partial charge in [0.2, 0.25) is 0 Å². The Bertz CT molecular complexity index is 572. The SMILES string of the molecule is CCNC(c1ccccc1)c1cc(Cl)c(OC)cc1Cl. The minimum atomic E-state index is 0.0112. The van der Waals surface area contributed by atoms with Crippen molar-refractivity contribution in [3.8, 4) is 5.75 Å². The Morgan fingerprint density at radius 2 is 1.80 bits per heavy atom. The number of nitrogens with one attached hydrogen (secondary N) is 1. The average Bonchev–Trinajstić information content (AvgIpc) is 2.48. The number of ether oxygens (including phenoxy) is 1. The summed E-state index contributed by atoms with van der Waals surface area (Å²) in [6.45, 7) is 2.90. The van der Waals surface area contributed by atoms with Crippen LogP contribution >= 0.6 is 23.2 Å². The molecule has 0 aromatic heterocycles. The molecule has 1 unspecified atom stereocenters. The van der Waals surface area contributed by atoms with Crippen molar-refractivity contribution in [2.45, 2.75) is 13.0 Å². The summed E-state index contributed by atoms with van der Waals surface area (Å²) in [5, 5.41) is 4.64. The number of benzene rings is 2. The lowest BCUT2D eigenvalue weighted by Crippen LogP contribution is -2.22. The molecule has 0 aliphatic heterocycles. The molecule has 0 fully saturated rings. The van der Waals surface area contributed by atoms with Gasteiger partial charge < -0.3 is 10.1 Å². The first kappa shape index (κ1) is 15.2. The van der Waals surface area contributed by atoms with Gasteiger partial charge in [0.05, 0.1) is 18.2 Å². The average molecular weight is 310 g/mol. The van der Waals surface area contributed by atoms with Crippen LogP contribution in [-0.4, -0.2) is 13.7 Å². The van der Waals surface area contributed by atoms with E-state index in [1.54, 1.807) is 13.2 Å². The van der Waals surface area contributed by atoms with Crippen LogP contribution in [0.5, 0.6) is 5.75 Å². The summed E-state index contributed by atoms with van der Waals surface area (Å²) in [5.41, 5.74) is 2.10. The fourth-order valence-corrected chi connectivity index (χ4v) is 2.69. The third kappa shape index (κ3) is 3.26. The van der Waals surface area contributed by atoms with E-state index in [2.05, 4.69) is 24.4 Å². The molecule has 0 bridgehead atoms. The maximum atomic E-state index is 6.38. The molecule has 0 heterocycles. The zero-order valence-corrected chi connectivity index (χ0v) is 13.0. The van der Waals surface area contributed by atoms with E-state index in [0.717, 1.165) is 17.7 Å². The van der Waals surface area contributed by atoms with Crippen LogP contribution in [0.25, 0.3) is 0 Å². The molecule has 0 amide bonds. The van der Waals surface area contributed by atoms with Gasteiger partial charge in [0.25, 0.3) is 0 Å². The maximum Gasteiger partial charge on any atom is 0.138 e. The Balaban J connectivity index is 2.47. The van der Waals surface area contributed by atoms with Crippen LogP contribution in [0.4, 0.5) is 0 Å². The highest BCUT2D eigenvalue weighted by molar-refractivity contribution is 6.34. The standard InChI is InChI=1S/C16H17Cl2NO/c1-3-19-16(11-7-5-4-6-8-11)12-9-14(18)15(20-2)10-13(12)17/h4-10,16,19H,3H2,1-2H3. The number of hydrogen-bond donors (Lipinski definition) is 1. The molecule has 20 heavy (non-hydrogen) atoms. The molecule has 0 saturated heterocycles. The van der Waals surface area contributed by atoms with Gasteiger partial charge in [-0.2, -0.15) is 0 Å². The van der Waals surface area contributed by atoms with Crippen molar-refractivity contribution in [2.75, 3.05) is 13.7 Å². The third-order valence-corrected chi connectivity index (χ3v) is 3.75. The predicted molar refractivity (Wildman–Crippen MR) is 85.0 cm³/mol. The van der Waals surface area contributed by atoms with Crippen LogP contribution in [0.15, 0.2) is 42.5 Å². The van der Waals surface area contributed by atoms with Gasteiger partial charge in [-0.3, -0.25) is 0 Å². The summed E-state index contributed by atoms with van der Waals surface area (Å²) < 4.78 is 5.19. The van der Waals surface area contributed by atoms with Gasteiger partial charge in [0.1, 0.15) is 5.75 Å². The first-order valence-corrected chi connectivity index (χ1v) is 7.24. The highest BCUT2D eigenvalue weighted by Gasteiger charge is 2.18. The third-order valence-electron chi connectivity index (χ3n) is 3.12. The largest absolute Gasteiger partial charge is 0.495 e. The molecule has 0 radical (unpaired) electrons. The van der Waals surface area contributed by atoms with E-state index in [1.807, 2.05) is 24.3 Å². The summed E-state index contributed by atoms with van der Waals surface area (Å²) in [4.78, 5) is 0. The van der Waals surface area contributed by atoms with Gasteiger partial charge in [-0.1, -0.05) is 60.5 Å². The smallest absolute Gasteiger partial charge is 0.138 e. The second-order valence-corrected chi connectivity index (χ2v) is 5.22. The van der Waals surface area contributed by atoms with Crippen molar-refractivity contribution in [3.05, 3.63) is 63.6 Å². The molecule has 106 valence electrons. The topological polar surface area (TPSA) is 21.3 Å².